The summed E-state index contributed by atoms with van der Waals surface area (Å²) in [5.41, 5.74) is 1.55. The molecule has 88 valence electrons. The Hall–Kier alpha value is -0.870. The zero-order valence-electron chi connectivity index (χ0n) is 9.37. The molecule has 0 saturated heterocycles. The maximum atomic E-state index is 11.4. The van der Waals surface area contributed by atoms with Crippen molar-refractivity contribution in [1.82, 2.24) is 0 Å². The molecule has 0 aromatic heterocycles. The fourth-order valence-electron chi connectivity index (χ4n) is 1.50. The predicted octanol–water partition coefficient (Wildman–Crippen LogP) is 2.61. The maximum absolute atomic E-state index is 11.4. The lowest BCUT2D eigenvalue weighted by atomic mass is 10.0. The number of hydrogen-bond acceptors (Lipinski definition) is 3. The first-order valence-electron chi connectivity index (χ1n) is 5.23. The van der Waals surface area contributed by atoms with Crippen molar-refractivity contribution in [3.63, 3.8) is 0 Å². The minimum Gasteiger partial charge on any atom is -0.464 e. The van der Waals surface area contributed by atoms with Gasteiger partial charge in [0.15, 0.2) is 6.10 Å². The molecule has 1 aromatic carbocycles. The van der Waals surface area contributed by atoms with Crippen LogP contribution in [0.3, 0.4) is 0 Å². The normalized spacial score (nSPS) is 12.2. The highest BCUT2D eigenvalue weighted by Gasteiger charge is 2.20. The fourth-order valence-corrected chi connectivity index (χ4v) is 1.90. The van der Waals surface area contributed by atoms with Gasteiger partial charge in [0.1, 0.15) is 0 Å². The third kappa shape index (κ3) is 3.06. The van der Waals surface area contributed by atoms with E-state index in [1.165, 1.54) is 0 Å². The van der Waals surface area contributed by atoms with Crippen molar-refractivity contribution >= 4 is 21.9 Å². The van der Waals surface area contributed by atoms with Crippen molar-refractivity contribution in [2.24, 2.45) is 0 Å². The number of hydrogen-bond donors (Lipinski definition) is 1. The van der Waals surface area contributed by atoms with Crippen molar-refractivity contribution in [2.75, 3.05) is 6.61 Å². The molecule has 1 unspecified atom stereocenters. The van der Waals surface area contributed by atoms with E-state index in [4.69, 9.17) is 4.74 Å². The average molecular weight is 287 g/mol. The van der Waals surface area contributed by atoms with Gasteiger partial charge in [-0.2, -0.15) is 0 Å². The van der Waals surface area contributed by atoms with Crippen molar-refractivity contribution in [3.05, 3.63) is 33.8 Å². The molecule has 4 heteroatoms. The molecule has 0 radical (unpaired) electrons. The summed E-state index contributed by atoms with van der Waals surface area (Å²) in [6, 6.07) is 5.44. The molecule has 0 spiro atoms. The van der Waals surface area contributed by atoms with Gasteiger partial charge in [0.25, 0.3) is 0 Å². The molecule has 0 fully saturated rings. The van der Waals surface area contributed by atoms with Gasteiger partial charge in [-0.1, -0.05) is 28.9 Å². The third-order valence-electron chi connectivity index (χ3n) is 2.29. The SMILES string of the molecule is CCOC(=O)C(O)c1ccc(Br)cc1CC. The number of ether oxygens (including phenoxy) is 1. The Kier molecular flexibility index (Phi) is 4.96. The molecule has 3 nitrogen and oxygen atoms in total. The first-order valence-corrected chi connectivity index (χ1v) is 6.02. The van der Waals surface area contributed by atoms with Crippen molar-refractivity contribution in [3.8, 4) is 0 Å². The Balaban J connectivity index is 2.98. The topological polar surface area (TPSA) is 46.5 Å². The maximum Gasteiger partial charge on any atom is 0.339 e. The van der Waals surface area contributed by atoms with Crippen LogP contribution in [-0.2, 0) is 16.0 Å². The minimum absolute atomic E-state index is 0.272. The van der Waals surface area contributed by atoms with Gasteiger partial charge in [0, 0.05) is 4.47 Å². The standard InChI is InChI=1S/C12H15BrO3/c1-3-8-7-9(13)5-6-10(8)11(14)12(15)16-4-2/h5-7,11,14H,3-4H2,1-2H3. The first-order chi connectivity index (χ1) is 7.60. The zero-order valence-corrected chi connectivity index (χ0v) is 11.0. The van der Waals surface area contributed by atoms with Gasteiger partial charge in [0.05, 0.1) is 6.61 Å². The van der Waals surface area contributed by atoms with Crippen LogP contribution in [0, 0.1) is 0 Å². The van der Waals surface area contributed by atoms with E-state index < -0.39 is 12.1 Å². The summed E-state index contributed by atoms with van der Waals surface area (Å²) in [6.45, 7) is 3.96. The Morgan fingerprint density at radius 3 is 2.75 bits per heavy atom. The summed E-state index contributed by atoms with van der Waals surface area (Å²) < 4.78 is 5.72. The van der Waals surface area contributed by atoms with E-state index in [-0.39, 0.29) is 6.61 Å². The summed E-state index contributed by atoms with van der Waals surface area (Å²) in [5.74, 6) is -0.598. The molecule has 0 heterocycles. The minimum atomic E-state index is -1.19. The average Bonchev–Trinajstić information content (AvgIpc) is 2.28. The van der Waals surface area contributed by atoms with Crippen LogP contribution in [-0.4, -0.2) is 17.7 Å². The molecule has 1 N–H and O–H groups in total. The number of rotatable bonds is 4. The fraction of sp³-hybridized carbons (Fsp3) is 0.417. The Labute approximate surface area is 104 Å². The molecule has 1 atom stereocenters. The first kappa shape index (κ1) is 13.2. The summed E-state index contributed by atoms with van der Waals surface area (Å²) in [4.78, 5) is 11.4. The second-order valence-electron chi connectivity index (χ2n) is 3.35. The molecule has 1 rings (SSSR count). The number of halogens is 1. The molecule has 0 aliphatic rings. The quantitative estimate of drug-likeness (QED) is 0.866. The second kappa shape index (κ2) is 6.01. The molecule has 0 bridgehead atoms. The summed E-state index contributed by atoms with van der Waals surface area (Å²) in [7, 11) is 0. The number of carbonyl (C=O) groups excluding carboxylic acids is 1. The van der Waals surface area contributed by atoms with Gasteiger partial charge in [0.2, 0.25) is 0 Å². The van der Waals surface area contributed by atoms with Crippen LogP contribution in [0.5, 0.6) is 0 Å². The van der Waals surface area contributed by atoms with Crippen LogP contribution < -0.4 is 0 Å². The molecule has 0 aliphatic heterocycles. The summed E-state index contributed by atoms with van der Waals surface area (Å²) in [6.07, 6.45) is -0.436. The summed E-state index contributed by atoms with van der Waals surface area (Å²) in [5, 5.41) is 9.83. The molecule has 0 saturated carbocycles. The monoisotopic (exact) mass is 286 g/mol. The van der Waals surface area contributed by atoms with E-state index in [9.17, 15) is 9.90 Å². The van der Waals surface area contributed by atoms with Crippen LogP contribution in [0.1, 0.15) is 31.1 Å². The van der Waals surface area contributed by atoms with Crippen molar-refractivity contribution < 1.29 is 14.6 Å². The van der Waals surface area contributed by atoms with Gasteiger partial charge in [-0.3, -0.25) is 0 Å². The van der Waals surface area contributed by atoms with Gasteiger partial charge in [-0.15, -0.1) is 0 Å². The van der Waals surface area contributed by atoms with Gasteiger partial charge < -0.3 is 9.84 Å². The highest BCUT2D eigenvalue weighted by molar-refractivity contribution is 9.10. The van der Waals surface area contributed by atoms with Crippen LogP contribution in [0.15, 0.2) is 22.7 Å². The molecule has 1 aromatic rings. The van der Waals surface area contributed by atoms with Crippen molar-refractivity contribution in [1.29, 1.82) is 0 Å². The molecule has 16 heavy (non-hydrogen) atoms. The largest absolute Gasteiger partial charge is 0.464 e. The number of aliphatic hydroxyl groups is 1. The highest BCUT2D eigenvalue weighted by atomic mass is 79.9. The highest BCUT2D eigenvalue weighted by Crippen LogP contribution is 2.23. The van der Waals surface area contributed by atoms with Gasteiger partial charge in [-0.05, 0) is 36.6 Å². The van der Waals surface area contributed by atoms with Gasteiger partial charge >= 0.3 is 5.97 Å². The summed E-state index contributed by atoms with van der Waals surface area (Å²) >= 11 is 3.36. The number of esters is 1. The van der Waals surface area contributed by atoms with Crippen LogP contribution >= 0.6 is 15.9 Å². The second-order valence-corrected chi connectivity index (χ2v) is 4.27. The molecule has 0 aliphatic carbocycles. The lowest BCUT2D eigenvalue weighted by molar-refractivity contribution is -0.153. The van der Waals surface area contributed by atoms with Crippen LogP contribution in [0.25, 0.3) is 0 Å². The lowest BCUT2D eigenvalue weighted by Crippen LogP contribution is -2.16. The van der Waals surface area contributed by atoms with Crippen molar-refractivity contribution in [2.45, 2.75) is 26.4 Å². The predicted molar refractivity (Wildman–Crippen MR) is 65.1 cm³/mol. The number of aliphatic hydroxyl groups excluding tert-OH is 1. The third-order valence-corrected chi connectivity index (χ3v) is 2.78. The Morgan fingerprint density at radius 1 is 1.50 bits per heavy atom. The van der Waals surface area contributed by atoms with E-state index >= 15 is 0 Å². The molecular weight excluding hydrogens is 272 g/mol. The van der Waals surface area contributed by atoms with E-state index in [0.717, 1.165) is 16.5 Å². The van der Waals surface area contributed by atoms with E-state index in [1.807, 2.05) is 13.0 Å². The van der Waals surface area contributed by atoms with E-state index in [2.05, 4.69) is 15.9 Å². The van der Waals surface area contributed by atoms with Crippen LogP contribution in [0.4, 0.5) is 0 Å². The lowest BCUT2D eigenvalue weighted by Gasteiger charge is -2.14. The number of benzene rings is 1. The zero-order chi connectivity index (χ0) is 12.1. The van der Waals surface area contributed by atoms with E-state index in [1.54, 1.807) is 19.1 Å². The Bertz CT molecular complexity index is 377. The molecule has 0 amide bonds. The number of carbonyl (C=O) groups is 1. The van der Waals surface area contributed by atoms with E-state index in [0.29, 0.717) is 5.56 Å². The Morgan fingerprint density at radius 2 is 2.19 bits per heavy atom. The van der Waals surface area contributed by atoms with Crippen LogP contribution in [0.2, 0.25) is 0 Å². The molecular formula is C12H15BrO3. The number of aryl methyl sites for hydroxylation is 1. The van der Waals surface area contributed by atoms with Gasteiger partial charge in [-0.25, -0.2) is 4.79 Å². The smallest absolute Gasteiger partial charge is 0.339 e.